The number of likely N-dealkylation sites (tertiary alicyclic amines) is 1. The summed E-state index contributed by atoms with van der Waals surface area (Å²) in [6.07, 6.45) is 7.04. The van der Waals surface area contributed by atoms with Gasteiger partial charge >= 0.3 is 6.09 Å². The van der Waals surface area contributed by atoms with Gasteiger partial charge in [-0.2, -0.15) is 0 Å². The molecule has 2 atom stereocenters. The highest BCUT2D eigenvalue weighted by atomic mass is 35.5. The second kappa shape index (κ2) is 9.09. The first-order valence-electron chi connectivity index (χ1n) is 9.47. The van der Waals surface area contributed by atoms with Crippen molar-refractivity contribution in [2.45, 2.75) is 38.7 Å². The summed E-state index contributed by atoms with van der Waals surface area (Å²) in [5, 5.41) is 0.911. The van der Waals surface area contributed by atoms with Crippen molar-refractivity contribution >= 4 is 35.1 Å². The molecule has 0 spiro atoms. The van der Waals surface area contributed by atoms with Crippen LogP contribution in [-0.4, -0.2) is 56.0 Å². The number of pyridine rings is 1. The SMILES string of the molecule is CC(C)(C)OC(=O)N1CC[C@@H](c2ccc(Cl)cn2)[C@H](COC(=S)n2ccnc2)C1. The molecule has 29 heavy (non-hydrogen) atoms. The Morgan fingerprint density at radius 3 is 2.79 bits per heavy atom. The molecule has 0 unspecified atom stereocenters. The van der Waals surface area contributed by atoms with Gasteiger partial charge in [0.25, 0.3) is 5.17 Å². The Morgan fingerprint density at radius 2 is 2.17 bits per heavy atom. The number of piperidine rings is 1. The Labute approximate surface area is 181 Å². The number of nitrogens with zero attached hydrogens (tertiary/aromatic N) is 4. The molecule has 7 nitrogen and oxygen atoms in total. The highest BCUT2D eigenvalue weighted by molar-refractivity contribution is 7.80. The molecule has 0 N–H and O–H groups in total. The molecular weight excluding hydrogens is 412 g/mol. The van der Waals surface area contributed by atoms with Crippen LogP contribution in [0, 0.1) is 5.92 Å². The Morgan fingerprint density at radius 1 is 1.38 bits per heavy atom. The van der Waals surface area contributed by atoms with Gasteiger partial charge in [-0.3, -0.25) is 9.55 Å². The van der Waals surface area contributed by atoms with Crippen LogP contribution in [0.2, 0.25) is 5.02 Å². The van der Waals surface area contributed by atoms with E-state index in [4.69, 9.17) is 33.3 Å². The first-order chi connectivity index (χ1) is 13.7. The average molecular weight is 437 g/mol. The van der Waals surface area contributed by atoms with E-state index >= 15 is 0 Å². The van der Waals surface area contributed by atoms with Crippen molar-refractivity contribution in [3.8, 4) is 0 Å². The van der Waals surface area contributed by atoms with E-state index in [0.29, 0.717) is 29.9 Å². The fourth-order valence-electron chi connectivity index (χ4n) is 3.31. The third kappa shape index (κ3) is 5.90. The molecule has 0 aliphatic carbocycles. The maximum atomic E-state index is 12.6. The molecule has 2 aromatic heterocycles. The summed E-state index contributed by atoms with van der Waals surface area (Å²) in [6, 6.07) is 3.76. The smallest absolute Gasteiger partial charge is 0.410 e. The van der Waals surface area contributed by atoms with Gasteiger partial charge in [-0.05, 0) is 51.5 Å². The molecule has 1 saturated heterocycles. The normalized spacial score (nSPS) is 19.7. The van der Waals surface area contributed by atoms with Crippen LogP contribution >= 0.6 is 23.8 Å². The summed E-state index contributed by atoms with van der Waals surface area (Å²) < 4.78 is 13.0. The molecule has 0 bridgehead atoms. The lowest BCUT2D eigenvalue weighted by Crippen LogP contribution is -2.46. The second-order valence-electron chi connectivity index (χ2n) is 8.03. The highest BCUT2D eigenvalue weighted by Crippen LogP contribution is 2.33. The van der Waals surface area contributed by atoms with E-state index in [1.54, 1.807) is 34.4 Å². The Balaban J connectivity index is 1.73. The van der Waals surface area contributed by atoms with Crippen molar-refractivity contribution in [1.29, 1.82) is 0 Å². The van der Waals surface area contributed by atoms with Crippen molar-refractivity contribution in [1.82, 2.24) is 19.4 Å². The van der Waals surface area contributed by atoms with Crippen LogP contribution in [-0.2, 0) is 9.47 Å². The van der Waals surface area contributed by atoms with Gasteiger partial charge in [-0.25, -0.2) is 9.78 Å². The summed E-state index contributed by atoms with van der Waals surface area (Å²) in [4.78, 5) is 22.8. The molecule has 9 heteroatoms. The molecule has 1 aliphatic heterocycles. The van der Waals surface area contributed by atoms with Gasteiger partial charge in [-0.1, -0.05) is 11.6 Å². The average Bonchev–Trinajstić information content (AvgIpc) is 3.20. The van der Waals surface area contributed by atoms with Crippen LogP contribution in [0.1, 0.15) is 38.8 Å². The molecule has 156 valence electrons. The number of thiocarbonyl (C=S) groups is 1. The minimum atomic E-state index is -0.541. The van der Waals surface area contributed by atoms with Crippen LogP contribution in [0.4, 0.5) is 4.79 Å². The lowest BCUT2D eigenvalue weighted by Gasteiger charge is -2.38. The van der Waals surface area contributed by atoms with Gasteiger partial charge in [0, 0.05) is 49.2 Å². The largest absolute Gasteiger partial charge is 0.470 e. The van der Waals surface area contributed by atoms with Crippen molar-refractivity contribution in [3.63, 3.8) is 0 Å². The van der Waals surface area contributed by atoms with Crippen LogP contribution in [0.15, 0.2) is 37.1 Å². The third-order valence-corrected chi connectivity index (χ3v) is 5.20. The number of aromatic nitrogens is 3. The number of carbonyl (C=O) groups excluding carboxylic acids is 1. The molecule has 1 amide bonds. The van der Waals surface area contributed by atoms with Gasteiger partial charge in [0.15, 0.2) is 0 Å². The zero-order valence-corrected chi connectivity index (χ0v) is 18.3. The van der Waals surface area contributed by atoms with E-state index in [-0.39, 0.29) is 17.9 Å². The Kier molecular flexibility index (Phi) is 6.74. The topological polar surface area (TPSA) is 69.5 Å². The third-order valence-electron chi connectivity index (χ3n) is 4.65. The van der Waals surface area contributed by atoms with Crippen molar-refractivity contribution in [3.05, 3.63) is 47.8 Å². The van der Waals surface area contributed by atoms with Gasteiger partial charge in [-0.15, -0.1) is 0 Å². The number of rotatable bonds is 3. The number of hydrogen-bond donors (Lipinski definition) is 0. The highest BCUT2D eigenvalue weighted by Gasteiger charge is 2.35. The first kappa shape index (κ1) is 21.5. The van der Waals surface area contributed by atoms with Crippen LogP contribution < -0.4 is 0 Å². The fraction of sp³-hybridized carbons (Fsp3) is 0.500. The Bertz CT molecular complexity index is 836. The molecule has 3 rings (SSSR count). The molecule has 0 aromatic carbocycles. The molecule has 0 saturated carbocycles. The summed E-state index contributed by atoms with van der Waals surface area (Å²) in [5.41, 5.74) is 0.390. The number of ether oxygens (including phenoxy) is 2. The van der Waals surface area contributed by atoms with Gasteiger partial charge in [0.05, 0.1) is 11.6 Å². The fourth-order valence-corrected chi connectivity index (χ4v) is 3.60. The van der Waals surface area contributed by atoms with E-state index in [2.05, 4.69) is 9.97 Å². The van der Waals surface area contributed by atoms with E-state index < -0.39 is 5.60 Å². The summed E-state index contributed by atoms with van der Waals surface area (Å²) in [7, 11) is 0. The lowest BCUT2D eigenvalue weighted by molar-refractivity contribution is 0.0105. The minimum Gasteiger partial charge on any atom is -0.470 e. The van der Waals surface area contributed by atoms with E-state index in [9.17, 15) is 4.79 Å². The Hall–Kier alpha value is -2.19. The maximum absolute atomic E-state index is 12.6. The van der Waals surface area contributed by atoms with Crippen molar-refractivity contribution in [2.24, 2.45) is 5.92 Å². The maximum Gasteiger partial charge on any atom is 0.410 e. The molecular formula is C20H25ClN4O3S. The van der Waals surface area contributed by atoms with E-state index in [1.165, 1.54) is 0 Å². The molecule has 2 aromatic rings. The molecule has 0 radical (unpaired) electrons. The standard InChI is InChI=1S/C20H25ClN4O3S/c1-20(2,3)28-18(26)24-8-6-16(17-5-4-15(21)10-23-17)14(11-24)12-27-19(29)25-9-7-22-13-25/h4-5,7,9-10,13-14,16H,6,8,11-12H2,1-3H3/t14-,16+/m0/s1. The number of hydrogen-bond acceptors (Lipinski definition) is 6. The van der Waals surface area contributed by atoms with Gasteiger partial charge < -0.3 is 14.4 Å². The monoisotopic (exact) mass is 436 g/mol. The molecule has 1 aliphatic rings. The predicted molar refractivity (Wildman–Crippen MR) is 114 cm³/mol. The van der Waals surface area contributed by atoms with E-state index in [0.717, 1.165) is 12.1 Å². The molecule has 1 fully saturated rings. The molecule has 3 heterocycles. The van der Waals surface area contributed by atoms with Gasteiger partial charge in [0.2, 0.25) is 0 Å². The van der Waals surface area contributed by atoms with Gasteiger partial charge in [0.1, 0.15) is 11.9 Å². The van der Waals surface area contributed by atoms with Crippen LogP contribution in [0.5, 0.6) is 0 Å². The lowest BCUT2D eigenvalue weighted by atomic mass is 9.83. The van der Waals surface area contributed by atoms with Crippen molar-refractivity contribution in [2.75, 3.05) is 19.7 Å². The number of halogens is 1. The van der Waals surface area contributed by atoms with E-state index in [1.807, 2.05) is 32.9 Å². The quantitative estimate of drug-likeness (QED) is 0.674. The van der Waals surface area contributed by atoms with Crippen molar-refractivity contribution < 1.29 is 14.3 Å². The van der Waals surface area contributed by atoms with Crippen LogP contribution in [0.3, 0.4) is 0 Å². The first-order valence-corrected chi connectivity index (χ1v) is 10.3. The zero-order valence-electron chi connectivity index (χ0n) is 16.7. The summed E-state index contributed by atoms with van der Waals surface area (Å²) >= 11 is 11.3. The second-order valence-corrected chi connectivity index (χ2v) is 8.82. The number of amides is 1. The minimum absolute atomic E-state index is 0.00594. The van der Waals surface area contributed by atoms with Crippen LogP contribution in [0.25, 0.3) is 0 Å². The zero-order chi connectivity index (χ0) is 21.0. The number of imidazole rings is 1. The summed E-state index contributed by atoms with van der Waals surface area (Å²) in [5.74, 6) is 0.128. The number of carbonyl (C=O) groups is 1. The predicted octanol–water partition coefficient (Wildman–Crippen LogP) is 4.12. The summed E-state index contributed by atoms with van der Waals surface area (Å²) in [6.45, 7) is 7.02.